The van der Waals surface area contributed by atoms with Crippen molar-refractivity contribution in [2.75, 3.05) is 19.6 Å². The van der Waals surface area contributed by atoms with Crippen LogP contribution in [0.1, 0.15) is 55.1 Å². The number of nitrogens with zero attached hydrogens (tertiary/aromatic N) is 2. The number of nitrogens with one attached hydrogen (secondary N) is 1. The molecule has 0 spiro atoms. The lowest BCUT2D eigenvalue weighted by molar-refractivity contribution is -0.137. The topological polar surface area (TPSA) is 113 Å². The van der Waals surface area contributed by atoms with Crippen LogP contribution in [0.3, 0.4) is 0 Å². The Balaban J connectivity index is 1.74. The summed E-state index contributed by atoms with van der Waals surface area (Å²) < 4.78 is 0. The third kappa shape index (κ3) is 5.38. The monoisotopic (exact) mass is 434 g/mol. The Bertz CT molecular complexity index is 776. The maximum Gasteiger partial charge on any atom is 0.264 e. The van der Waals surface area contributed by atoms with Crippen LogP contribution in [-0.4, -0.2) is 65.1 Å². The Morgan fingerprint density at radius 2 is 1.93 bits per heavy atom. The van der Waals surface area contributed by atoms with Crippen LogP contribution in [-0.2, 0) is 14.4 Å². The highest BCUT2D eigenvalue weighted by molar-refractivity contribution is 7.12. The van der Waals surface area contributed by atoms with Crippen LogP contribution in [0.15, 0.2) is 17.5 Å². The smallest absolute Gasteiger partial charge is 0.264 e. The van der Waals surface area contributed by atoms with E-state index < -0.39 is 23.9 Å². The van der Waals surface area contributed by atoms with Crippen molar-refractivity contribution >= 4 is 35.0 Å². The Labute approximate surface area is 180 Å². The van der Waals surface area contributed by atoms with Crippen molar-refractivity contribution in [3.05, 3.63) is 22.4 Å². The number of piperazine rings is 1. The SMILES string of the molecule is CC(=O)N1CCN(C(=O)c2cccs2)C(C(=O)NC(CC2CCCCC2)C(N)=O)C1. The summed E-state index contributed by atoms with van der Waals surface area (Å²) in [5.41, 5.74) is 5.58. The first-order valence-electron chi connectivity index (χ1n) is 10.6. The van der Waals surface area contributed by atoms with E-state index in [1.165, 1.54) is 29.6 Å². The first-order valence-corrected chi connectivity index (χ1v) is 11.4. The number of thiophene rings is 1. The molecule has 1 saturated carbocycles. The Kier molecular flexibility index (Phi) is 7.47. The van der Waals surface area contributed by atoms with Gasteiger partial charge in [-0.25, -0.2) is 0 Å². The van der Waals surface area contributed by atoms with E-state index in [-0.39, 0.29) is 24.9 Å². The summed E-state index contributed by atoms with van der Waals surface area (Å²) in [4.78, 5) is 53.6. The fourth-order valence-corrected chi connectivity index (χ4v) is 5.03. The number of rotatable bonds is 6. The first-order chi connectivity index (χ1) is 14.4. The van der Waals surface area contributed by atoms with Gasteiger partial charge in [-0.2, -0.15) is 0 Å². The highest BCUT2D eigenvalue weighted by Crippen LogP contribution is 2.27. The summed E-state index contributed by atoms with van der Waals surface area (Å²) in [6.45, 7) is 2.18. The molecular weight excluding hydrogens is 404 g/mol. The van der Waals surface area contributed by atoms with Gasteiger partial charge in [-0.05, 0) is 23.8 Å². The molecule has 3 rings (SSSR count). The molecule has 1 aliphatic heterocycles. The van der Waals surface area contributed by atoms with Gasteiger partial charge >= 0.3 is 0 Å². The predicted molar refractivity (Wildman–Crippen MR) is 114 cm³/mol. The number of hydrogen-bond donors (Lipinski definition) is 2. The Morgan fingerprint density at radius 1 is 1.20 bits per heavy atom. The fourth-order valence-electron chi connectivity index (χ4n) is 4.35. The zero-order valence-corrected chi connectivity index (χ0v) is 18.2. The normalized spacial score (nSPS) is 21.2. The number of primary amides is 1. The predicted octanol–water partition coefficient (Wildman–Crippen LogP) is 1.36. The average molecular weight is 435 g/mol. The third-order valence-corrected chi connectivity index (χ3v) is 6.93. The first kappa shape index (κ1) is 22.3. The summed E-state index contributed by atoms with van der Waals surface area (Å²) >= 11 is 1.31. The van der Waals surface area contributed by atoms with Gasteiger partial charge in [0.1, 0.15) is 12.1 Å². The maximum absolute atomic E-state index is 13.2. The minimum absolute atomic E-state index is 0.104. The van der Waals surface area contributed by atoms with Crippen molar-refractivity contribution in [3.8, 4) is 0 Å². The molecule has 0 bridgehead atoms. The molecule has 2 atom stereocenters. The molecule has 1 aromatic heterocycles. The number of carbonyl (C=O) groups excluding carboxylic acids is 4. The number of amides is 4. The summed E-state index contributed by atoms with van der Waals surface area (Å²) in [7, 11) is 0. The summed E-state index contributed by atoms with van der Waals surface area (Å²) in [5, 5.41) is 4.59. The molecule has 1 saturated heterocycles. The van der Waals surface area contributed by atoms with Gasteiger partial charge in [-0.3, -0.25) is 19.2 Å². The lowest BCUT2D eigenvalue weighted by Crippen LogP contribution is -2.63. The average Bonchev–Trinajstić information content (AvgIpc) is 3.27. The van der Waals surface area contributed by atoms with Crippen molar-refractivity contribution in [3.63, 3.8) is 0 Å². The number of carbonyl (C=O) groups is 4. The van der Waals surface area contributed by atoms with Crippen molar-refractivity contribution in [2.24, 2.45) is 11.7 Å². The Morgan fingerprint density at radius 3 is 2.53 bits per heavy atom. The lowest BCUT2D eigenvalue weighted by Gasteiger charge is -2.40. The van der Waals surface area contributed by atoms with E-state index in [0.29, 0.717) is 23.8 Å². The standard InChI is InChI=1S/C21H30N4O4S/c1-14(26)24-9-10-25(21(29)18-8-5-11-30-18)17(13-24)20(28)23-16(19(22)27)12-15-6-3-2-4-7-15/h5,8,11,15-17H,2-4,6-7,9-10,12-13H2,1H3,(H2,22,27)(H,23,28). The van der Waals surface area contributed by atoms with Gasteiger partial charge in [0.2, 0.25) is 17.7 Å². The second-order valence-corrected chi connectivity index (χ2v) is 9.11. The van der Waals surface area contributed by atoms with E-state index in [0.717, 1.165) is 25.7 Å². The molecule has 4 amide bonds. The summed E-state index contributed by atoms with van der Waals surface area (Å²) in [6, 6.07) is 1.87. The molecule has 2 unspecified atom stereocenters. The second kappa shape index (κ2) is 10.1. The molecule has 2 heterocycles. The third-order valence-electron chi connectivity index (χ3n) is 6.07. The van der Waals surface area contributed by atoms with Crippen LogP contribution in [0.25, 0.3) is 0 Å². The van der Waals surface area contributed by atoms with Crippen LogP contribution >= 0.6 is 11.3 Å². The minimum Gasteiger partial charge on any atom is -0.368 e. The van der Waals surface area contributed by atoms with Crippen molar-refractivity contribution in [2.45, 2.75) is 57.5 Å². The molecule has 1 aromatic rings. The zero-order chi connectivity index (χ0) is 21.7. The van der Waals surface area contributed by atoms with Crippen LogP contribution in [0.4, 0.5) is 0 Å². The van der Waals surface area contributed by atoms with Gasteiger partial charge in [0.05, 0.1) is 11.4 Å². The molecule has 3 N–H and O–H groups in total. The molecule has 1 aliphatic carbocycles. The fraction of sp³-hybridized carbons (Fsp3) is 0.619. The Hall–Kier alpha value is -2.42. The van der Waals surface area contributed by atoms with E-state index in [2.05, 4.69) is 5.32 Å². The molecular formula is C21H30N4O4S. The highest BCUT2D eigenvalue weighted by atomic mass is 32.1. The van der Waals surface area contributed by atoms with Crippen LogP contribution in [0.2, 0.25) is 0 Å². The summed E-state index contributed by atoms with van der Waals surface area (Å²) in [6.07, 6.45) is 6.04. The van der Waals surface area contributed by atoms with Crippen molar-refractivity contribution in [1.29, 1.82) is 0 Å². The molecule has 9 heteroatoms. The van der Waals surface area contributed by atoms with Crippen LogP contribution < -0.4 is 11.1 Å². The van der Waals surface area contributed by atoms with E-state index in [1.807, 2.05) is 0 Å². The molecule has 0 radical (unpaired) electrons. The number of hydrogen-bond acceptors (Lipinski definition) is 5. The molecule has 2 fully saturated rings. The van der Waals surface area contributed by atoms with Gasteiger partial charge in [0, 0.05) is 20.0 Å². The second-order valence-electron chi connectivity index (χ2n) is 8.16. The highest BCUT2D eigenvalue weighted by Gasteiger charge is 2.38. The number of nitrogens with two attached hydrogens (primary N) is 1. The van der Waals surface area contributed by atoms with Crippen molar-refractivity contribution < 1.29 is 19.2 Å². The minimum atomic E-state index is -0.856. The van der Waals surface area contributed by atoms with E-state index >= 15 is 0 Å². The van der Waals surface area contributed by atoms with Gasteiger partial charge in [0.25, 0.3) is 5.91 Å². The largest absolute Gasteiger partial charge is 0.368 e. The van der Waals surface area contributed by atoms with E-state index in [1.54, 1.807) is 22.4 Å². The van der Waals surface area contributed by atoms with E-state index in [9.17, 15) is 19.2 Å². The van der Waals surface area contributed by atoms with Gasteiger partial charge in [-0.1, -0.05) is 38.2 Å². The van der Waals surface area contributed by atoms with Crippen LogP contribution in [0, 0.1) is 5.92 Å². The zero-order valence-electron chi connectivity index (χ0n) is 17.3. The van der Waals surface area contributed by atoms with Gasteiger partial charge in [-0.15, -0.1) is 11.3 Å². The summed E-state index contributed by atoms with van der Waals surface area (Å²) in [5.74, 6) is -1.03. The molecule has 8 nitrogen and oxygen atoms in total. The van der Waals surface area contributed by atoms with Gasteiger partial charge < -0.3 is 20.9 Å². The molecule has 2 aliphatic rings. The quantitative estimate of drug-likeness (QED) is 0.704. The maximum atomic E-state index is 13.2. The molecule has 164 valence electrons. The molecule has 30 heavy (non-hydrogen) atoms. The van der Waals surface area contributed by atoms with E-state index in [4.69, 9.17) is 5.73 Å². The van der Waals surface area contributed by atoms with Gasteiger partial charge in [0.15, 0.2) is 0 Å². The van der Waals surface area contributed by atoms with Crippen LogP contribution in [0.5, 0.6) is 0 Å². The molecule has 0 aromatic carbocycles. The van der Waals surface area contributed by atoms with Crippen molar-refractivity contribution in [1.82, 2.24) is 15.1 Å². The lowest BCUT2D eigenvalue weighted by atomic mass is 9.84.